The third kappa shape index (κ3) is 3.62. The van der Waals surface area contributed by atoms with Crippen LogP contribution in [0.1, 0.15) is 12.6 Å². The van der Waals surface area contributed by atoms with E-state index in [2.05, 4.69) is 9.88 Å². The number of pyridine rings is 1. The van der Waals surface area contributed by atoms with Crippen molar-refractivity contribution < 1.29 is 24.1 Å². The molecule has 1 aromatic rings. The van der Waals surface area contributed by atoms with Gasteiger partial charge in [0.1, 0.15) is 12.3 Å². The average molecular weight is 296 g/mol. The fourth-order valence-electron chi connectivity index (χ4n) is 2.51. The highest BCUT2D eigenvalue weighted by atomic mass is 16.5. The van der Waals surface area contributed by atoms with E-state index in [1.807, 2.05) is 6.92 Å². The van der Waals surface area contributed by atoms with Gasteiger partial charge in [-0.05, 0) is 6.92 Å². The lowest BCUT2D eigenvalue weighted by Gasteiger charge is -2.47. The number of carboxylic acids is 1. The lowest BCUT2D eigenvalue weighted by atomic mass is 9.96. The summed E-state index contributed by atoms with van der Waals surface area (Å²) in [6.45, 7) is 3.55. The third-order valence-electron chi connectivity index (χ3n) is 3.40. The highest BCUT2D eigenvalue weighted by Gasteiger charge is 2.40. The maximum atomic E-state index is 10.5. The van der Waals surface area contributed by atoms with E-state index in [1.54, 1.807) is 26.5 Å². The molecule has 1 saturated heterocycles. The van der Waals surface area contributed by atoms with Crippen molar-refractivity contribution in [1.29, 1.82) is 0 Å². The van der Waals surface area contributed by atoms with Gasteiger partial charge >= 0.3 is 5.97 Å². The van der Waals surface area contributed by atoms with E-state index in [0.29, 0.717) is 31.1 Å². The molecule has 0 radical (unpaired) electrons. The van der Waals surface area contributed by atoms with Gasteiger partial charge in [0.25, 0.3) is 0 Å². The summed E-state index contributed by atoms with van der Waals surface area (Å²) in [7, 11) is 3.17. The predicted octanol–water partition coefficient (Wildman–Crippen LogP) is 0.774. The minimum Gasteiger partial charge on any atom is -0.493 e. The van der Waals surface area contributed by atoms with Crippen molar-refractivity contribution >= 4 is 5.97 Å². The molecule has 2 rings (SSSR count). The zero-order valence-electron chi connectivity index (χ0n) is 12.5. The predicted molar refractivity (Wildman–Crippen MR) is 74.6 cm³/mol. The summed E-state index contributed by atoms with van der Waals surface area (Å²) >= 11 is 0. The zero-order chi connectivity index (χ0) is 15.5. The van der Waals surface area contributed by atoms with E-state index in [1.165, 1.54) is 0 Å². The highest BCUT2D eigenvalue weighted by molar-refractivity contribution is 5.68. The molecule has 1 N–H and O–H groups in total. The molecule has 1 aliphatic rings. The van der Waals surface area contributed by atoms with E-state index in [-0.39, 0.29) is 6.61 Å². The second-order valence-corrected chi connectivity index (χ2v) is 5.27. The molecule has 0 unspecified atom stereocenters. The number of carbonyl (C=O) groups is 1. The lowest BCUT2D eigenvalue weighted by molar-refractivity contribution is -0.165. The van der Waals surface area contributed by atoms with E-state index < -0.39 is 11.6 Å². The number of rotatable bonds is 7. The molecular weight excluding hydrogens is 276 g/mol. The highest BCUT2D eigenvalue weighted by Crippen LogP contribution is 2.32. The molecule has 0 spiro atoms. The second kappa shape index (κ2) is 6.28. The number of ether oxygens (including phenoxy) is 3. The maximum absolute atomic E-state index is 10.5. The molecule has 0 saturated carbocycles. The van der Waals surface area contributed by atoms with Crippen LogP contribution in [0.5, 0.6) is 11.5 Å². The second-order valence-electron chi connectivity index (χ2n) is 5.27. The molecule has 2 heterocycles. The maximum Gasteiger partial charge on any atom is 0.329 e. The van der Waals surface area contributed by atoms with E-state index in [0.717, 1.165) is 5.69 Å². The van der Waals surface area contributed by atoms with Gasteiger partial charge in [-0.1, -0.05) is 0 Å². The standard InChI is InChI=1S/C14H20N2O5/c1-14(21-7-12(17)18)8-16(9-14)6-10-13(20-3)11(19-2)4-5-15-10/h4-5H,6-9H2,1-3H3,(H,17,18). The molecule has 0 amide bonds. The van der Waals surface area contributed by atoms with E-state index in [4.69, 9.17) is 19.3 Å². The van der Waals surface area contributed by atoms with Gasteiger partial charge in [0.05, 0.1) is 19.8 Å². The number of likely N-dealkylation sites (tertiary alicyclic amines) is 1. The molecule has 0 aromatic carbocycles. The van der Waals surface area contributed by atoms with Crippen LogP contribution in [0, 0.1) is 0 Å². The van der Waals surface area contributed by atoms with Gasteiger partial charge in [-0.2, -0.15) is 0 Å². The molecule has 0 aliphatic carbocycles. The first-order valence-corrected chi connectivity index (χ1v) is 6.61. The normalized spacial score (nSPS) is 17.1. The molecule has 1 aromatic heterocycles. The Morgan fingerprint density at radius 3 is 2.71 bits per heavy atom. The molecule has 7 heteroatoms. The van der Waals surface area contributed by atoms with Gasteiger partial charge in [0.2, 0.25) is 0 Å². The number of aliphatic carboxylic acids is 1. The van der Waals surface area contributed by atoms with Gasteiger partial charge in [-0.25, -0.2) is 4.79 Å². The Balaban J connectivity index is 1.95. The van der Waals surface area contributed by atoms with Gasteiger partial charge in [-0.3, -0.25) is 9.88 Å². The monoisotopic (exact) mass is 296 g/mol. The number of carboxylic acid groups (broad SMARTS) is 1. The number of hydrogen-bond donors (Lipinski definition) is 1. The molecule has 7 nitrogen and oxygen atoms in total. The van der Waals surface area contributed by atoms with Gasteiger partial charge in [0, 0.05) is 31.9 Å². The Morgan fingerprint density at radius 2 is 2.14 bits per heavy atom. The van der Waals surface area contributed by atoms with E-state index in [9.17, 15) is 4.79 Å². The first kappa shape index (κ1) is 15.5. The summed E-state index contributed by atoms with van der Waals surface area (Å²) in [5, 5.41) is 8.64. The Kier molecular flexibility index (Phi) is 4.64. The molecule has 0 bridgehead atoms. The summed E-state index contributed by atoms with van der Waals surface area (Å²) in [6.07, 6.45) is 1.68. The Bertz CT molecular complexity index is 514. The quantitative estimate of drug-likeness (QED) is 0.796. The van der Waals surface area contributed by atoms with Crippen LogP contribution in [0.4, 0.5) is 0 Å². The van der Waals surface area contributed by atoms with Crippen molar-refractivity contribution in [2.75, 3.05) is 33.9 Å². The largest absolute Gasteiger partial charge is 0.493 e. The van der Waals surface area contributed by atoms with Crippen molar-refractivity contribution in [2.45, 2.75) is 19.1 Å². The molecule has 0 atom stereocenters. The number of hydrogen-bond acceptors (Lipinski definition) is 6. The summed E-state index contributed by atoms with van der Waals surface area (Å²) in [4.78, 5) is 17.0. The number of methoxy groups -OCH3 is 2. The van der Waals surface area contributed by atoms with Gasteiger partial charge in [-0.15, -0.1) is 0 Å². The van der Waals surface area contributed by atoms with Crippen LogP contribution >= 0.6 is 0 Å². The molecular formula is C14H20N2O5. The first-order valence-electron chi connectivity index (χ1n) is 6.61. The Hall–Kier alpha value is -1.86. The van der Waals surface area contributed by atoms with Gasteiger partial charge in [0.15, 0.2) is 11.5 Å². The van der Waals surface area contributed by atoms with Crippen LogP contribution in [0.3, 0.4) is 0 Å². The van der Waals surface area contributed by atoms with Crippen LogP contribution in [-0.2, 0) is 16.1 Å². The Morgan fingerprint density at radius 1 is 1.43 bits per heavy atom. The van der Waals surface area contributed by atoms with Crippen molar-refractivity contribution in [3.8, 4) is 11.5 Å². The SMILES string of the molecule is COc1ccnc(CN2CC(C)(OCC(=O)O)C2)c1OC. The topological polar surface area (TPSA) is 81.1 Å². The number of aromatic nitrogens is 1. The van der Waals surface area contributed by atoms with Crippen LogP contribution in [0.2, 0.25) is 0 Å². The molecule has 21 heavy (non-hydrogen) atoms. The zero-order valence-corrected chi connectivity index (χ0v) is 12.5. The van der Waals surface area contributed by atoms with Crippen molar-refractivity contribution in [3.63, 3.8) is 0 Å². The van der Waals surface area contributed by atoms with Crippen molar-refractivity contribution in [2.24, 2.45) is 0 Å². The van der Waals surface area contributed by atoms with Gasteiger partial charge < -0.3 is 19.3 Å². The van der Waals surface area contributed by atoms with Crippen LogP contribution in [-0.4, -0.2) is 60.5 Å². The summed E-state index contributed by atoms with van der Waals surface area (Å²) < 4.78 is 16.0. The fraction of sp³-hybridized carbons (Fsp3) is 0.571. The lowest BCUT2D eigenvalue weighted by Crippen LogP contribution is -2.61. The van der Waals surface area contributed by atoms with Crippen molar-refractivity contribution in [1.82, 2.24) is 9.88 Å². The molecule has 1 aliphatic heterocycles. The van der Waals surface area contributed by atoms with Crippen LogP contribution in [0.15, 0.2) is 12.3 Å². The molecule has 1 fully saturated rings. The first-order chi connectivity index (χ1) is 9.97. The minimum atomic E-state index is -0.953. The fourth-order valence-corrected chi connectivity index (χ4v) is 2.51. The van der Waals surface area contributed by atoms with Crippen LogP contribution in [0.25, 0.3) is 0 Å². The Labute approximate surface area is 123 Å². The smallest absolute Gasteiger partial charge is 0.329 e. The van der Waals surface area contributed by atoms with E-state index >= 15 is 0 Å². The average Bonchev–Trinajstić information content (AvgIpc) is 2.43. The summed E-state index contributed by atoms with van der Waals surface area (Å²) in [6, 6.07) is 1.75. The van der Waals surface area contributed by atoms with Crippen LogP contribution < -0.4 is 9.47 Å². The minimum absolute atomic E-state index is 0.273. The van der Waals surface area contributed by atoms with Crippen molar-refractivity contribution in [3.05, 3.63) is 18.0 Å². The third-order valence-corrected chi connectivity index (χ3v) is 3.40. The summed E-state index contributed by atoms with van der Waals surface area (Å²) in [5.74, 6) is 0.318. The number of nitrogens with zero attached hydrogens (tertiary/aromatic N) is 2. The molecule has 116 valence electrons. The summed E-state index contributed by atoms with van der Waals surface area (Å²) in [5.41, 5.74) is 0.377.